The van der Waals surface area contributed by atoms with Gasteiger partial charge in [-0.3, -0.25) is 4.90 Å². The van der Waals surface area contributed by atoms with E-state index in [1.807, 2.05) is 12.1 Å². The second-order valence-electron chi connectivity index (χ2n) is 7.53. The fourth-order valence-corrected chi connectivity index (χ4v) is 4.31. The van der Waals surface area contributed by atoms with Crippen LogP contribution in [0.1, 0.15) is 52.9 Å². The molecule has 0 bridgehead atoms. The van der Waals surface area contributed by atoms with Crippen molar-refractivity contribution in [3.05, 3.63) is 23.4 Å². The summed E-state index contributed by atoms with van der Waals surface area (Å²) in [5, 5.41) is 0.652. The van der Waals surface area contributed by atoms with Crippen LogP contribution in [0.15, 0.2) is 18.3 Å². The zero-order valence-electron chi connectivity index (χ0n) is 14.6. The van der Waals surface area contributed by atoms with E-state index in [2.05, 4.69) is 30.7 Å². The third-order valence-electron chi connectivity index (χ3n) is 6.39. The van der Waals surface area contributed by atoms with Crippen molar-refractivity contribution < 1.29 is 4.74 Å². The number of nitrogens with zero attached hydrogens (tertiary/aromatic N) is 2. The van der Waals surface area contributed by atoms with Crippen molar-refractivity contribution in [1.82, 2.24) is 9.88 Å². The van der Waals surface area contributed by atoms with Gasteiger partial charge in [0, 0.05) is 31.4 Å². The largest absolute Gasteiger partial charge is 0.472 e. The molecule has 3 rings (SSSR count). The molecule has 1 aromatic rings. The van der Waals surface area contributed by atoms with Crippen molar-refractivity contribution in [3.8, 4) is 5.88 Å². The molecule has 2 fully saturated rings. The van der Waals surface area contributed by atoms with Crippen molar-refractivity contribution in [2.45, 2.75) is 65.0 Å². The Morgan fingerprint density at radius 1 is 1.26 bits per heavy atom. The fraction of sp³-hybridized carbons (Fsp3) is 0.737. The smallest absolute Gasteiger partial charge is 0.213 e. The first-order valence-electron chi connectivity index (χ1n) is 9.06. The minimum atomic E-state index is 0.284. The van der Waals surface area contributed by atoms with Crippen LogP contribution in [0.25, 0.3) is 0 Å². The molecule has 1 aliphatic carbocycles. The maximum atomic E-state index is 5.92. The summed E-state index contributed by atoms with van der Waals surface area (Å²) in [5.41, 5.74) is 0.531. The summed E-state index contributed by atoms with van der Waals surface area (Å²) in [5.74, 6) is 1.58. The lowest BCUT2D eigenvalue weighted by molar-refractivity contribution is -0.0126. The van der Waals surface area contributed by atoms with Gasteiger partial charge in [0.15, 0.2) is 0 Å². The number of pyridine rings is 1. The van der Waals surface area contributed by atoms with E-state index in [-0.39, 0.29) is 6.10 Å². The molecule has 0 spiro atoms. The van der Waals surface area contributed by atoms with Crippen molar-refractivity contribution >= 4 is 11.6 Å². The molecule has 3 nitrogen and oxygen atoms in total. The first-order valence-corrected chi connectivity index (χ1v) is 9.44. The highest BCUT2D eigenvalue weighted by atomic mass is 35.5. The topological polar surface area (TPSA) is 25.4 Å². The number of likely N-dealkylation sites (tertiary alicyclic amines) is 1. The highest BCUT2D eigenvalue weighted by molar-refractivity contribution is 6.30. The van der Waals surface area contributed by atoms with E-state index in [0.29, 0.717) is 16.3 Å². The van der Waals surface area contributed by atoms with E-state index in [1.165, 1.54) is 32.1 Å². The summed E-state index contributed by atoms with van der Waals surface area (Å²) in [7, 11) is 0. The fourth-order valence-electron chi connectivity index (χ4n) is 4.19. The maximum absolute atomic E-state index is 5.92. The zero-order valence-corrected chi connectivity index (χ0v) is 15.4. The van der Waals surface area contributed by atoms with Crippen LogP contribution in [0.3, 0.4) is 0 Å². The first kappa shape index (κ1) is 17.0. The molecule has 2 aliphatic rings. The van der Waals surface area contributed by atoms with Gasteiger partial charge in [-0.15, -0.1) is 0 Å². The number of hydrogen-bond donors (Lipinski definition) is 0. The number of ether oxygens (including phenoxy) is 1. The minimum Gasteiger partial charge on any atom is -0.472 e. The SMILES string of the molecule is CCC(C)(CC)C1CCC(N2CC(Oc3ccc(Cl)cn3)C2)C1. The van der Waals surface area contributed by atoms with Gasteiger partial charge in [-0.2, -0.15) is 0 Å². The molecule has 0 aromatic carbocycles. The molecule has 1 saturated carbocycles. The average molecular weight is 337 g/mol. The molecule has 2 unspecified atom stereocenters. The van der Waals surface area contributed by atoms with Gasteiger partial charge in [-0.25, -0.2) is 4.98 Å². The molecule has 128 valence electrons. The van der Waals surface area contributed by atoms with Crippen LogP contribution in [-0.2, 0) is 0 Å². The summed E-state index contributed by atoms with van der Waals surface area (Å²) in [6, 6.07) is 4.44. The molecule has 0 radical (unpaired) electrons. The first-order chi connectivity index (χ1) is 11.0. The Balaban J connectivity index is 1.46. The summed E-state index contributed by atoms with van der Waals surface area (Å²) in [4.78, 5) is 6.82. The van der Waals surface area contributed by atoms with Crippen molar-refractivity contribution in [2.75, 3.05) is 13.1 Å². The molecule has 23 heavy (non-hydrogen) atoms. The molecule has 0 N–H and O–H groups in total. The van der Waals surface area contributed by atoms with Gasteiger partial charge < -0.3 is 4.74 Å². The van der Waals surface area contributed by atoms with E-state index in [4.69, 9.17) is 16.3 Å². The molecular weight excluding hydrogens is 308 g/mol. The van der Waals surface area contributed by atoms with Crippen LogP contribution in [-0.4, -0.2) is 35.1 Å². The summed E-state index contributed by atoms with van der Waals surface area (Å²) in [6.45, 7) is 9.26. The predicted octanol–water partition coefficient (Wildman–Crippen LogP) is 4.79. The Bertz CT molecular complexity index is 509. The Morgan fingerprint density at radius 2 is 2.00 bits per heavy atom. The molecule has 1 aromatic heterocycles. The Kier molecular flexibility index (Phi) is 5.17. The molecule has 4 heteroatoms. The highest BCUT2D eigenvalue weighted by Gasteiger charge is 2.42. The lowest BCUT2D eigenvalue weighted by Crippen LogP contribution is -2.57. The number of hydrogen-bond acceptors (Lipinski definition) is 3. The third-order valence-corrected chi connectivity index (χ3v) is 6.61. The van der Waals surface area contributed by atoms with Gasteiger partial charge in [-0.05, 0) is 36.7 Å². The number of rotatable bonds is 6. The normalized spacial score (nSPS) is 26.3. The summed E-state index contributed by atoms with van der Waals surface area (Å²) >= 11 is 5.85. The standard InChI is InChI=1S/C19H29ClN2O/c1-4-19(3,5-2)14-6-8-16(10-14)22-12-17(13-22)23-18-9-7-15(20)11-21-18/h7,9,11,14,16-17H,4-6,8,10,12-13H2,1-3H3. The van der Waals surface area contributed by atoms with Crippen molar-refractivity contribution in [1.29, 1.82) is 0 Å². The van der Waals surface area contributed by atoms with E-state index < -0.39 is 0 Å². The lowest BCUT2D eigenvalue weighted by atomic mass is 9.72. The molecule has 2 heterocycles. The van der Waals surface area contributed by atoms with Gasteiger partial charge >= 0.3 is 0 Å². The predicted molar refractivity (Wildman–Crippen MR) is 95.1 cm³/mol. The van der Waals surface area contributed by atoms with E-state index in [1.54, 1.807) is 6.20 Å². The van der Waals surface area contributed by atoms with Crippen LogP contribution >= 0.6 is 11.6 Å². The Hall–Kier alpha value is -0.800. The number of aromatic nitrogens is 1. The van der Waals surface area contributed by atoms with Gasteiger partial charge in [0.05, 0.1) is 5.02 Å². The van der Waals surface area contributed by atoms with Gasteiger partial charge in [-0.1, -0.05) is 45.2 Å². The number of halogens is 1. The van der Waals surface area contributed by atoms with Crippen LogP contribution in [0.2, 0.25) is 5.02 Å². The van der Waals surface area contributed by atoms with Gasteiger partial charge in [0.2, 0.25) is 5.88 Å². The molecule has 1 saturated heterocycles. The average Bonchev–Trinajstić information content (AvgIpc) is 3.01. The molecule has 0 amide bonds. The van der Waals surface area contributed by atoms with Gasteiger partial charge in [0.25, 0.3) is 0 Å². The molecule has 2 atom stereocenters. The van der Waals surface area contributed by atoms with E-state index in [9.17, 15) is 0 Å². The van der Waals surface area contributed by atoms with Gasteiger partial charge in [0.1, 0.15) is 6.10 Å². The van der Waals surface area contributed by atoms with Crippen LogP contribution in [0, 0.1) is 11.3 Å². The Labute approximate surface area is 145 Å². The highest BCUT2D eigenvalue weighted by Crippen LogP contribution is 2.46. The quantitative estimate of drug-likeness (QED) is 0.746. The zero-order chi connectivity index (χ0) is 16.4. The summed E-state index contributed by atoms with van der Waals surface area (Å²) < 4.78 is 5.92. The Morgan fingerprint density at radius 3 is 2.61 bits per heavy atom. The minimum absolute atomic E-state index is 0.284. The third kappa shape index (κ3) is 3.66. The summed E-state index contributed by atoms with van der Waals surface area (Å²) in [6.07, 6.45) is 8.64. The maximum Gasteiger partial charge on any atom is 0.213 e. The van der Waals surface area contributed by atoms with Crippen molar-refractivity contribution in [2.24, 2.45) is 11.3 Å². The van der Waals surface area contributed by atoms with Crippen LogP contribution < -0.4 is 4.74 Å². The molecule has 1 aliphatic heterocycles. The second-order valence-corrected chi connectivity index (χ2v) is 7.97. The van der Waals surface area contributed by atoms with E-state index in [0.717, 1.165) is 25.0 Å². The molecular formula is C19H29ClN2O. The second kappa shape index (κ2) is 6.98. The van der Waals surface area contributed by atoms with Crippen LogP contribution in [0.5, 0.6) is 5.88 Å². The lowest BCUT2D eigenvalue weighted by Gasteiger charge is -2.43. The van der Waals surface area contributed by atoms with Crippen LogP contribution in [0.4, 0.5) is 0 Å². The monoisotopic (exact) mass is 336 g/mol. The van der Waals surface area contributed by atoms with E-state index >= 15 is 0 Å². The van der Waals surface area contributed by atoms with Crippen molar-refractivity contribution in [3.63, 3.8) is 0 Å².